The molecule has 0 heterocycles. The van der Waals surface area contributed by atoms with Crippen LogP contribution < -0.4 is 0 Å². The van der Waals surface area contributed by atoms with Crippen molar-refractivity contribution >= 4 is 10.2 Å². The standard InChI is InChI=1S/C6H13Si/c1-2-3-4-5-6-7/h5-6H,2-4,7H2,1H3. The maximum absolute atomic E-state index is 2.22. The molecular formula is C6H13Si. The van der Waals surface area contributed by atoms with Crippen molar-refractivity contribution in [2.75, 3.05) is 0 Å². The monoisotopic (exact) mass is 113 g/mol. The molecule has 1 radical (unpaired) electrons. The minimum atomic E-state index is 1.26. The normalized spacial score (nSPS) is 10.6. The maximum Gasteiger partial charge on any atom is 0.0373 e. The Kier molecular flexibility index (Phi) is 5.92. The Balaban J connectivity index is 2.69. The van der Waals surface area contributed by atoms with Gasteiger partial charge in [0.1, 0.15) is 0 Å². The number of allylic oxidation sites excluding steroid dienone is 1. The lowest BCUT2D eigenvalue weighted by atomic mass is 10.2. The van der Waals surface area contributed by atoms with Gasteiger partial charge in [-0.15, -0.1) is 5.70 Å². The molecule has 0 atom stereocenters. The molecule has 0 aromatic heterocycles. The van der Waals surface area contributed by atoms with Crippen LogP contribution in [0.15, 0.2) is 11.8 Å². The zero-order valence-corrected chi connectivity index (χ0v) is 6.40. The number of unbranched alkanes of at least 4 members (excludes halogenated alkanes) is 2. The van der Waals surface area contributed by atoms with Gasteiger partial charge in [0.05, 0.1) is 0 Å². The average molecular weight is 113 g/mol. The molecule has 0 aliphatic heterocycles. The van der Waals surface area contributed by atoms with E-state index in [1.807, 2.05) is 10.2 Å². The molecule has 0 aromatic rings. The Bertz CT molecular complexity index is 48.1. The predicted molar refractivity (Wildman–Crippen MR) is 37.2 cm³/mol. The number of rotatable bonds is 3. The lowest BCUT2D eigenvalue weighted by Crippen LogP contribution is -1.64. The summed E-state index contributed by atoms with van der Waals surface area (Å²) in [7, 11) is 1.90. The molecule has 0 saturated carbocycles. The van der Waals surface area contributed by atoms with Crippen molar-refractivity contribution in [2.24, 2.45) is 0 Å². The van der Waals surface area contributed by atoms with Gasteiger partial charge in [-0.2, -0.15) is 0 Å². The molecule has 0 bridgehead atoms. The Morgan fingerprint density at radius 1 is 1.57 bits per heavy atom. The molecular weight excluding hydrogens is 100 g/mol. The second kappa shape index (κ2) is 5.96. The third-order valence-electron chi connectivity index (χ3n) is 0.891. The van der Waals surface area contributed by atoms with Crippen molar-refractivity contribution in [3.8, 4) is 0 Å². The van der Waals surface area contributed by atoms with Gasteiger partial charge < -0.3 is 0 Å². The first-order chi connectivity index (χ1) is 3.41. The summed E-state index contributed by atoms with van der Waals surface area (Å²) >= 11 is 0. The number of hydrogen-bond donors (Lipinski definition) is 0. The largest absolute Gasteiger partial charge is 0.108 e. The van der Waals surface area contributed by atoms with Gasteiger partial charge >= 0.3 is 0 Å². The van der Waals surface area contributed by atoms with Gasteiger partial charge in [0.25, 0.3) is 0 Å². The molecule has 0 aliphatic carbocycles. The van der Waals surface area contributed by atoms with Gasteiger partial charge in [-0.1, -0.05) is 25.8 Å². The number of hydrogen-bond acceptors (Lipinski definition) is 0. The highest BCUT2D eigenvalue weighted by atomic mass is 28.1. The predicted octanol–water partition coefficient (Wildman–Crippen LogP) is 1.32. The van der Waals surface area contributed by atoms with Gasteiger partial charge in [0.15, 0.2) is 0 Å². The molecule has 7 heavy (non-hydrogen) atoms. The SMILES string of the molecule is CCCCC=C[SiH2]. The van der Waals surface area contributed by atoms with Crippen LogP contribution in [-0.2, 0) is 0 Å². The maximum atomic E-state index is 2.22. The second-order valence-electron chi connectivity index (χ2n) is 1.61. The van der Waals surface area contributed by atoms with Crippen LogP contribution in [0.3, 0.4) is 0 Å². The summed E-state index contributed by atoms with van der Waals surface area (Å²) in [6.45, 7) is 2.21. The summed E-state index contributed by atoms with van der Waals surface area (Å²) in [5, 5.41) is 0. The first-order valence-corrected chi connectivity index (χ1v) is 3.67. The van der Waals surface area contributed by atoms with E-state index in [1.54, 1.807) is 0 Å². The molecule has 0 aromatic carbocycles. The topological polar surface area (TPSA) is 0 Å². The summed E-state index contributed by atoms with van der Waals surface area (Å²) in [5.41, 5.74) is 2.13. The Morgan fingerprint density at radius 3 is 2.71 bits per heavy atom. The smallest absolute Gasteiger partial charge is 0.0373 e. The van der Waals surface area contributed by atoms with Crippen LogP contribution in [0.4, 0.5) is 0 Å². The van der Waals surface area contributed by atoms with Crippen molar-refractivity contribution in [3.05, 3.63) is 11.8 Å². The minimum Gasteiger partial charge on any atom is -0.108 e. The summed E-state index contributed by atoms with van der Waals surface area (Å²) in [5.74, 6) is 0. The van der Waals surface area contributed by atoms with Crippen LogP contribution in [0.5, 0.6) is 0 Å². The third kappa shape index (κ3) is 5.96. The van der Waals surface area contributed by atoms with E-state index in [1.165, 1.54) is 19.3 Å². The first kappa shape index (κ1) is 6.96. The van der Waals surface area contributed by atoms with Gasteiger partial charge in [-0.05, 0) is 6.42 Å². The van der Waals surface area contributed by atoms with E-state index in [-0.39, 0.29) is 0 Å². The first-order valence-electron chi connectivity index (χ1n) is 2.86. The van der Waals surface area contributed by atoms with Crippen LogP contribution >= 0.6 is 0 Å². The molecule has 0 spiro atoms. The Hall–Kier alpha value is -0.0431. The fourth-order valence-corrected chi connectivity index (χ4v) is 0.676. The molecule has 0 nitrogen and oxygen atoms in total. The molecule has 1 heteroatoms. The Morgan fingerprint density at radius 2 is 2.29 bits per heavy atom. The lowest BCUT2D eigenvalue weighted by molar-refractivity contribution is 0.815. The van der Waals surface area contributed by atoms with E-state index >= 15 is 0 Å². The van der Waals surface area contributed by atoms with Crippen LogP contribution in [0.2, 0.25) is 0 Å². The zero-order valence-electron chi connectivity index (χ0n) is 4.98. The highest BCUT2D eigenvalue weighted by Crippen LogP contribution is 1.92. The molecule has 0 N–H and O–H groups in total. The van der Waals surface area contributed by atoms with Crippen molar-refractivity contribution in [1.29, 1.82) is 0 Å². The fraction of sp³-hybridized carbons (Fsp3) is 0.667. The molecule has 0 saturated heterocycles. The van der Waals surface area contributed by atoms with E-state index in [0.29, 0.717) is 0 Å². The molecule has 0 rings (SSSR count). The van der Waals surface area contributed by atoms with Gasteiger partial charge in [-0.3, -0.25) is 0 Å². The zero-order chi connectivity index (χ0) is 5.54. The van der Waals surface area contributed by atoms with Crippen molar-refractivity contribution in [3.63, 3.8) is 0 Å². The summed E-state index contributed by atoms with van der Waals surface area (Å²) in [6.07, 6.45) is 6.14. The molecule has 0 aliphatic rings. The quantitative estimate of drug-likeness (QED) is 0.382. The van der Waals surface area contributed by atoms with E-state index in [2.05, 4.69) is 18.7 Å². The molecule has 0 amide bonds. The lowest BCUT2D eigenvalue weighted by Gasteiger charge is -1.83. The van der Waals surface area contributed by atoms with Gasteiger partial charge in [0, 0.05) is 10.2 Å². The van der Waals surface area contributed by atoms with Crippen molar-refractivity contribution in [2.45, 2.75) is 26.2 Å². The summed E-state index contributed by atoms with van der Waals surface area (Å²) in [4.78, 5) is 0. The third-order valence-corrected chi connectivity index (χ3v) is 1.22. The second-order valence-corrected chi connectivity index (χ2v) is 2.09. The van der Waals surface area contributed by atoms with Crippen LogP contribution in [0, 0.1) is 0 Å². The van der Waals surface area contributed by atoms with E-state index in [4.69, 9.17) is 0 Å². The summed E-state index contributed by atoms with van der Waals surface area (Å²) in [6, 6.07) is 0. The molecule has 0 fully saturated rings. The minimum absolute atomic E-state index is 1.26. The van der Waals surface area contributed by atoms with Crippen LogP contribution in [0.1, 0.15) is 26.2 Å². The van der Waals surface area contributed by atoms with E-state index < -0.39 is 0 Å². The fourth-order valence-electron chi connectivity index (χ4n) is 0.440. The highest BCUT2D eigenvalue weighted by molar-refractivity contribution is 6.16. The van der Waals surface area contributed by atoms with Crippen molar-refractivity contribution in [1.82, 2.24) is 0 Å². The van der Waals surface area contributed by atoms with Crippen LogP contribution in [-0.4, -0.2) is 10.2 Å². The van der Waals surface area contributed by atoms with Gasteiger partial charge in [0.2, 0.25) is 0 Å². The van der Waals surface area contributed by atoms with Crippen molar-refractivity contribution < 1.29 is 0 Å². The Labute approximate surface area is 49.0 Å². The molecule has 0 unspecified atom stereocenters. The van der Waals surface area contributed by atoms with Gasteiger partial charge in [-0.25, -0.2) is 0 Å². The van der Waals surface area contributed by atoms with Crippen LogP contribution in [0.25, 0.3) is 0 Å². The highest BCUT2D eigenvalue weighted by Gasteiger charge is 1.73. The van der Waals surface area contributed by atoms with E-state index in [0.717, 1.165) is 0 Å². The molecule has 41 valence electrons. The summed E-state index contributed by atoms with van der Waals surface area (Å²) < 4.78 is 0. The van der Waals surface area contributed by atoms with E-state index in [9.17, 15) is 0 Å². The average Bonchev–Trinajstić information content (AvgIpc) is 1.69.